The SMILES string of the molecule is CCS(=O)(=O)NC1(C(F)(F)F)CC1. The molecule has 1 fully saturated rings. The molecule has 1 aliphatic rings. The van der Waals surface area contributed by atoms with E-state index in [1.165, 1.54) is 6.92 Å². The number of hydrogen-bond acceptors (Lipinski definition) is 2. The summed E-state index contributed by atoms with van der Waals surface area (Å²) in [6.07, 6.45) is -4.79. The molecule has 0 aromatic rings. The van der Waals surface area contributed by atoms with Crippen LogP contribution in [0.15, 0.2) is 0 Å². The van der Waals surface area contributed by atoms with Gasteiger partial charge in [-0.25, -0.2) is 8.42 Å². The molecule has 0 unspecified atom stereocenters. The van der Waals surface area contributed by atoms with Crippen molar-refractivity contribution in [3.8, 4) is 0 Å². The Bertz CT molecular complexity index is 291. The maximum absolute atomic E-state index is 12.2. The lowest BCUT2D eigenvalue weighted by molar-refractivity contribution is -0.160. The number of hydrogen-bond donors (Lipinski definition) is 1. The Labute approximate surface area is 74.4 Å². The van der Waals surface area contributed by atoms with Gasteiger partial charge in [-0.05, 0) is 19.8 Å². The van der Waals surface area contributed by atoms with Crippen LogP contribution in [0.25, 0.3) is 0 Å². The molecule has 7 heteroatoms. The third-order valence-electron chi connectivity index (χ3n) is 2.02. The minimum absolute atomic E-state index is 0.157. The topological polar surface area (TPSA) is 46.2 Å². The lowest BCUT2D eigenvalue weighted by Gasteiger charge is -2.19. The zero-order valence-electron chi connectivity index (χ0n) is 6.98. The molecule has 1 saturated carbocycles. The first-order chi connectivity index (χ1) is 5.72. The molecule has 0 atom stereocenters. The third kappa shape index (κ3) is 2.14. The lowest BCUT2D eigenvalue weighted by Crippen LogP contribution is -2.48. The van der Waals surface area contributed by atoms with Crippen LogP contribution in [0.4, 0.5) is 13.2 Å². The van der Waals surface area contributed by atoms with E-state index in [0.29, 0.717) is 0 Å². The fraction of sp³-hybridized carbons (Fsp3) is 1.00. The van der Waals surface area contributed by atoms with Crippen LogP contribution in [0.5, 0.6) is 0 Å². The first kappa shape index (κ1) is 10.8. The Kier molecular flexibility index (Phi) is 2.36. The number of sulfonamides is 1. The molecule has 0 amide bonds. The van der Waals surface area contributed by atoms with Crippen molar-refractivity contribution in [1.82, 2.24) is 4.72 Å². The molecule has 0 saturated heterocycles. The molecular weight excluding hydrogens is 207 g/mol. The summed E-state index contributed by atoms with van der Waals surface area (Å²) in [6, 6.07) is 0. The maximum atomic E-state index is 12.2. The summed E-state index contributed by atoms with van der Waals surface area (Å²) in [5.41, 5.74) is -2.16. The average Bonchev–Trinajstić information content (AvgIpc) is 2.67. The van der Waals surface area contributed by atoms with Gasteiger partial charge in [0.15, 0.2) is 0 Å². The first-order valence-corrected chi connectivity index (χ1v) is 5.46. The van der Waals surface area contributed by atoms with Crippen LogP contribution in [0.1, 0.15) is 19.8 Å². The van der Waals surface area contributed by atoms with Crippen LogP contribution in [-0.4, -0.2) is 25.9 Å². The van der Waals surface area contributed by atoms with E-state index in [0.717, 1.165) is 0 Å². The fourth-order valence-corrected chi connectivity index (χ4v) is 2.00. The van der Waals surface area contributed by atoms with Gasteiger partial charge in [-0.1, -0.05) is 0 Å². The highest BCUT2D eigenvalue weighted by atomic mass is 32.2. The van der Waals surface area contributed by atoms with Crippen molar-refractivity contribution in [1.29, 1.82) is 0 Å². The summed E-state index contributed by atoms with van der Waals surface area (Å²) in [4.78, 5) is 0. The zero-order chi connectivity index (χ0) is 10.3. The average molecular weight is 217 g/mol. The van der Waals surface area contributed by atoms with E-state index in [4.69, 9.17) is 0 Å². The van der Waals surface area contributed by atoms with Crippen molar-refractivity contribution in [2.45, 2.75) is 31.5 Å². The number of rotatable bonds is 3. The molecule has 1 aliphatic carbocycles. The van der Waals surface area contributed by atoms with Gasteiger partial charge < -0.3 is 0 Å². The molecular formula is C6H10F3NO2S. The van der Waals surface area contributed by atoms with Gasteiger partial charge in [0.05, 0.1) is 5.75 Å². The van der Waals surface area contributed by atoms with Crippen molar-refractivity contribution in [2.75, 3.05) is 5.75 Å². The monoisotopic (exact) mass is 217 g/mol. The second-order valence-electron chi connectivity index (χ2n) is 3.09. The van der Waals surface area contributed by atoms with Crippen molar-refractivity contribution in [3.05, 3.63) is 0 Å². The summed E-state index contributed by atoms with van der Waals surface area (Å²) < 4.78 is 60.2. The Balaban J connectivity index is 2.76. The number of alkyl halides is 3. The van der Waals surface area contributed by atoms with E-state index in [2.05, 4.69) is 0 Å². The molecule has 0 radical (unpaired) electrons. The van der Waals surface area contributed by atoms with Crippen LogP contribution in [-0.2, 0) is 10.0 Å². The van der Waals surface area contributed by atoms with Gasteiger partial charge in [0, 0.05) is 0 Å². The Morgan fingerprint density at radius 3 is 2.08 bits per heavy atom. The maximum Gasteiger partial charge on any atom is 0.407 e. The van der Waals surface area contributed by atoms with E-state index >= 15 is 0 Å². The standard InChI is InChI=1S/C6H10F3NO2S/c1-2-13(11,12)10-5(3-4-5)6(7,8)9/h10H,2-4H2,1H3. The Morgan fingerprint density at radius 1 is 1.38 bits per heavy atom. The van der Waals surface area contributed by atoms with E-state index in [-0.39, 0.29) is 18.6 Å². The minimum Gasteiger partial charge on any atom is -0.212 e. The smallest absolute Gasteiger partial charge is 0.212 e. The molecule has 0 bridgehead atoms. The van der Waals surface area contributed by atoms with Gasteiger partial charge in [-0.2, -0.15) is 17.9 Å². The largest absolute Gasteiger partial charge is 0.407 e. The predicted octanol–water partition coefficient (Wildman–Crippen LogP) is 1.02. The molecule has 0 aromatic carbocycles. The number of halogens is 3. The van der Waals surface area contributed by atoms with Crippen molar-refractivity contribution < 1.29 is 21.6 Å². The summed E-state index contributed by atoms with van der Waals surface area (Å²) in [5.74, 6) is -0.329. The van der Waals surface area contributed by atoms with E-state index in [1.54, 1.807) is 4.72 Å². The van der Waals surface area contributed by atoms with Crippen LogP contribution >= 0.6 is 0 Å². The van der Waals surface area contributed by atoms with Gasteiger partial charge in [-0.15, -0.1) is 0 Å². The molecule has 1 rings (SSSR count). The van der Waals surface area contributed by atoms with Crippen LogP contribution in [0.2, 0.25) is 0 Å². The molecule has 3 nitrogen and oxygen atoms in total. The third-order valence-corrected chi connectivity index (χ3v) is 3.49. The zero-order valence-corrected chi connectivity index (χ0v) is 7.80. The van der Waals surface area contributed by atoms with Crippen molar-refractivity contribution >= 4 is 10.0 Å². The van der Waals surface area contributed by atoms with Gasteiger partial charge in [0.2, 0.25) is 10.0 Å². The van der Waals surface area contributed by atoms with E-state index < -0.39 is 21.7 Å². The highest BCUT2D eigenvalue weighted by molar-refractivity contribution is 7.89. The van der Waals surface area contributed by atoms with Crippen molar-refractivity contribution in [2.24, 2.45) is 0 Å². The molecule has 78 valence electrons. The minimum atomic E-state index is -4.48. The van der Waals surface area contributed by atoms with Gasteiger partial charge in [-0.3, -0.25) is 0 Å². The van der Waals surface area contributed by atoms with Crippen molar-refractivity contribution in [3.63, 3.8) is 0 Å². The van der Waals surface area contributed by atoms with E-state index in [1.807, 2.05) is 0 Å². The Morgan fingerprint density at radius 2 is 1.85 bits per heavy atom. The van der Waals surface area contributed by atoms with Crippen LogP contribution < -0.4 is 4.72 Å². The molecule has 1 N–H and O–H groups in total. The summed E-state index contributed by atoms with van der Waals surface area (Å²) in [6.45, 7) is 1.30. The molecule has 0 heterocycles. The normalized spacial score (nSPS) is 21.5. The van der Waals surface area contributed by atoms with Crippen LogP contribution in [0.3, 0.4) is 0 Å². The summed E-state index contributed by atoms with van der Waals surface area (Å²) >= 11 is 0. The summed E-state index contributed by atoms with van der Waals surface area (Å²) in [7, 11) is -3.77. The first-order valence-electron chi connectivity index (χ1n) is 3.81. The highest BCUT2D eigenvalue weighted by Gasteiger charge is 2.64. The molecule has 0 spiro atoms. The molecule has 0 aliphatic heterocycles. The lowest BCUT2D eigenvalue weighted by atomic mass is 10.3. The van der Waals surface area contributed by atoms with Gasteiger partial charge in [0.1, 0.15) is 5.54 Å². The van der Waals surface area contributed by atoms with Crippen LogP contribution in [0, 0.1) is 0 Å². The summed E-state index contributed by atoms with van der Waals surface area (Å²) in [5, 5.41) is 0. The fourth-order valence-electron chi connectivity index (χ4n) is 0.938. The molecule has 13 heavy (non-hydrogen) atoms. The van der Waals surface area contributed by atoms with E-state index in [9.17, 15) is 21.6 Å². The van der Waals surface area contributed by atoms with Gasteiger partial charge in [0.25, 0.3) is 0 Å². The quantitative estimate of drug-likeness (QED) is 0.767. The number of nitrogens with one attached hydrogen (secondary N) is 1. The second kappa shape index (κ2) is 2.84. The second-order valence-corrected chi connectivity index (χ2v) is 5.10. The van der Waals surface area contributed by atoms with Gasteiger partial charge >= 0.3 is 6.18 Å². The Hall–Kier alpha value is -0.300. The highest BCUT2D eigenvalue weighted by Crippen LogP contribution is 2.49. The molecule has 0 aromatic heterocycles. The predicted molar refractivity (Wildman–Crippen MR) is 40.6 cm³/mol.